The van der Waals surface area contributed by atoms with Crippen LogP contribution in [0.15, 0.2) is 53.1 Å². The lowest BCUT2D eigenvalue weighted by atomic mass is 10.1. The summed E-state index contributed by atoms with van der Waals surface area (Å²) in [6.45, 7) is 2.41. The van der Waals surface area contributed by atoms with E-state index in [-0.39, 0.29) is 23.7 Å². The fourth-order valence-electron chi connectivity index (χ4n) is 3.34. The normalized spacial score (nSPS) is 18.1. The van der Waals surface area contributed by atoms with Gasteiger partial charge in [-0.2, -0.15) is 4.98 Å². The quantitative estimate of drug-likeness (QED) is 0.658. The number of amides is 1. The Kier molecular flexibility index (Phi) is 4.66. The fraction of sp³-hybridized carbons (Fsp3) is 0.250. The zero-order valence-corrected chi connectivity index (χ0v) is 15.4. The van der Waals surface area contributed by atoms with Gasteiger partial charge in [-0.1, -0.05) is 41.0 Å². The first-order valence-electron chi connectivity index (χ1n) is 8.66. The van der Waals surface area contributed by atoms with E-state index in [9.17, 15) is 9.18 Å². The summed E-state index contributed by atoms with van der Waals surface area (Å²) >= 11 is 6.01. The average molecular weight is 386 g/mol. The highest BCUT2D eigenvalue weighted by molar-refractivity contribution is 6.30. The van der Waals surface area contributed by atoms with Gasteiger partial charge in [0.1, 0.15) is 5.82 Å². The van der Waals surface area contributed by atoms with Gasteiger partial charge in [0.05, 0.1) is 12.0 Å². The van der Waals surface area contributed by atoms with E-state index >= 15 is 0 Å². The molecule has 1 aromatic heterocycles. The zero-order valence-electron chi connectivity index (χ0n) is 14.6. The largest absolute Gasteiger partial charge is 0.339 e. The van der Waals surface area contributed by atoms with E-state index in [1.165, 1.54) is 12.1 Å². The molecule has 0 saturated carbocycles. The number of hydrogen-bond acceptors (Lipinski definition) is 4. The van der Waals surface area contributed by atoms with Gasteiger partial charge in [-0.3, -0.25) is 4.79 Å². The first-order valence-corrected chi connectivity index (χ1v) is 9.03. The molecule has 3 aromatic rings. The van der Waals surface area contributed by atoms with Crippen LogP contribution in [-0.2, 0) is 4.79 Å². The van der Waals surface area contributed by atoms with Crippen molar-refractivity contribution in [3.05, 3.63) is 70.8 Å². The van der Waals surface area contributed by atoms with Gasteiger partial charge in [0.25, 0.3) is 0 Å². The zero-order chi connectivity index (χ0) is 19.0. The molecule has 7 heteroatoms. The van der Waals surface area contributed by atoms with Gasteiger partial charge in [0.2, 0.25) is 17.6 Å². The van der Waals surface area contributed by atoms with Gasteiger partial charge in [-0.05, 0) is 36.8 Å². The molecule has 2 unspecified atom stereocenters. The van der Waals surface area contributed by atoms with Crippen LogP contribution in [-0.4, -0.2) is 27.5 Å². The second-order valence-electron chi connectivity index (χ2n) is 6.64. The summed E-state index contributed by atoms with van der Waals surface area (Å²) in [5, 5.41) is 4.61. The molecule has 1 amide bonds. The number of hydrogen-bond donors (Lipinski definition) is 0. The number of likely N-dealkylation sites (tertiary alicyclic amines) is 1. The molecule has 1 aliphatic rings. The topological polar surface area (TPSA) is 59.2 Å². The number of carbonyl (C=O) groups is 1. The Balaban J connectivity index is 1.52. The summed E-state index contributed by atoms with van der Waals surface area (Å²) in [6, 6.07) is 13.3. The van der Waals surface area contributed by atoms with Crippen LogP contribution in [0.2, 0.25) is 5.02 Å². The van der Waals surface area contributed by atoms with E-state index in [4.69, 9.17) is 16.1 Å². The fourth-order valence-corrected chi connectivity index (χ4v) is 3.53. The third-order valence-corrected chi connectivity index (χ3v) is 5.09. The lowest BCUT2D eigenvalue weighted by Crippen LogP contribution is -2.28. The summed E-state index contributed by atoms with van der Waals surface area (Å²) in [5.74, 6) is 0.438. The molecule has 1 fully saturated rings. The lowest BCUT2D eigenvalue weighted by molar-refractivity contribution is -0.129. The SMILES string of the molecule is CC(c1ccc(F)cc1)N1CC(c2nc(-c3cccc(Cl)c3)no2)CC1=O. The maximum absolute atomic E-state index is 13.1. The van der Waals surface area contributed by atoms with Gasteiger partial charge in [0, 0.05) is 23.6 Å². The molecule has 0 radical (unpaired) electrons. The third kappa shape index (κ3) is 3.57. The molecule has 1 saturated heterocycles. The highest BCUT2D eigenvalue weighted by Gasteiger charge is 2.37. The van der Waals surface area contributed by atoms with Crippen LogP contribution < -0.4 is 0 Å². The van der Waals surface area contributed by atoms with Crippen molar-refractivity contribution >= 4 is 17.5 Å². The van der Waals surface area contributed by atoms with Crippen LogP contribution in [0.5, 0.6) is 0 Å². The van der Waals surface area contributed by atoms with E-state index in [0.29, 0.717) is 29.7 Å². The predicted molar refractivity (Wildman–Crippen MR) is 98.6 cm³/mol. The molecule has 2 aromatic carbocycles. The van der Waals surface area contributed by atoms with E-state index in [1.54, 1.807) is 29.2 Å². The van der Waals surface area contributed by atoms with E-state index in [2.05, 4.69) is 10.1 Å². The van der Waals surface area contributed by atoms with Crippen molar-refractivity contribution in [2.24, 2.45) is 0 Å². The molecule has 2 atom stereocenters. The first-order chi connectivity index (χ1) is 13.0. The van der Waals surface area contributed by atoms with Crippen molar-refractivity contribution in [1.82, 2.24) is 15.0 Å². The molecule has 0 aliphatic carbocycles. The van der Waals surface area contributed by atoms with Crippen LogP contribution in [0, 0.1) is 5.82 Å². The number of nitrogens with zero attached hydrogens (tertiary/aromatic N) is 3. The smallest absolute Gasteiger partial charge is 0.232 e. The van der Waals surface area contributed by atoms with Gasteiger partial charge in [-0.25, -0.2) is 4.39 Å². The summed E-state index contributed by atoms with van der Waals surface area (Å²) in [6.07, 6.45) is 0.308. The number of carbonyl (C=O) groups excluding carboxylic acids is 1. The summed E-state index contributed by atoms with van der Waals surface area (Å²) in [5.41, 5.74) is 1.65. The van der Waals surface area contributed by atoms with Crippen LogP contribution in [0.4, 0.5) is 4.39 Å². The number of rotatable bonds is 4. The third-order valence-electron chi connectivity index (χ3n) is 4.85. The number of benzene rings is 2. The molecular formula is C20H17ClFN3O2. The minimum Gasteiger partial charge on any atom is -0.339 e. The Morgan fingerprint density at radius 1 is 1.26 bits per heavy atom. The molecule has 2 heterocycles. The molecule has 27 heavy (non-hydrogen) atoms. The Morgan fingerprint density at radius 3 is 2.78 bits per heavy atom. The van der Waals surface area contributed by atoms with Gasteiger partial charge in [0.15, 0.2) is 0 Å². The van der Waals surface area contributed by atoms with Crippen LogP contribution >= 0.6 is 11.6 Å². The van der Waals surface area contributed by atoms with Crippen molar-refractivity contribution in [3.63, 3.8) is 0 Å². The molecule has 0 N–H and O–H groups in total. The Hall–Kier alpha value is -2.73. The van der Waals surface area contributed by atoms with Crippen molar-refractivity contribution in [2.75, 3.05) is 6.54 Å². The van der Waals surface area contributed by atoms with Crippen LogP contribution in [0.1, 0.15) is 36.8 Å². The van der Waals surface area contributed by atoms with E-state index < -0.39 is 0 Å². The second-order valence-corrected chi connectivity index (χ2v) is 7.08. The molecule has 4 rings (SSSR count). The molecule has 0 bridgehead atoms. The number of halogens is 2. The monoisotopic (exact) mass is 385 g/mol. The Bertz CT molecular complexity index is 973. The highest BCUT2D eigenvalue weighted by atomic mass is 35.5. The summed E-state index contributed by atoms with van der Waals surface area (Å²) in [7, 11) is 0. The van der Waals surface area contributed by atoms with E-state index in [0.717, 1.165) is 11.1 Å². The standard InChI is InChI=1S/C20H17ClFN3O2/c1-12(13-5-7-17(22)8-6-13)25-11-15(10-18(25)26)20-23-19(24-27-20)14-3-2-4-16(21)9-14/h2-9,12,15H,10-11H2,1H3. The van der Waals surface area contributed by atoms with E-state index in [1.807, 2.05) is 19.1 Å². The second kappa shape index (κ2) is 7.12. The van der Waals surface area contributed by atoms with Gasteiger partial charge >= 0.3 is 0 Å². The molecule has 138 valence electrons. The first kappa shape index (κ1) is 17.7. The lowest BCUT2D eigenvalue weighted by Gasteiger charge is -2.25. The maximum Gasteiger partial charge on any atom is 0.232 e. The van der Waals surface area contributed by atoms with Crippen molar-refractivity contribution in [2.45, 2.75) is 25.3 Å². The molecular weight excluding hydrogens is 369 g/mol. The van der Waals surface area contributed by atoms with Crippen molar-refractivity contribution in [1.29, 1.82) is 0 Å². The van der Waals surface area contributed by atoms with Gasteiger partial charge in [-0.15, -0.1) is 0 Å². The molecule has 5 nitrogen and oxygen atoms in total. The molecule has 1 aliphatic heterocycles. The average Bonchev–Trinajstić information content (AvgIpc) is 3.29. The number of aromatic nitrogens is 2. The Labute approximate surface area is 160 Å². The van der Waals surface area contributed by atoms with Crippen molar-refractivity contribution < 1.29 is 13.7 Å². The highest BCUT2D eigenvalue weighted by Crippen LogP contribution is 2.34. The minimum absolute atomic E-state index is 0.0133. The summed E-state index contributed by atoms with van der Waals surface area (Å²) < 4.78 is 18.5. The van der Waals surface area contributed by atoms with Crippen LogP contribution in [0.3, 0.4) is 0 Å². The predicted octanol–water partition coefficient (Wildman–Crippen LogP) is 4.61. The maximum atomic E-state index is 13.1. The van der Waals surface area contributed by atoms with Gasteiger partial charge < -0.3 is 9.42 Å². The summed E-state index contributed by atoms with van der Waals surface area (Å²) in [4.78, 5) is 18.7. The minimum atomic E-state index is -0.295. The van der Waals surface area contributed by atoms with Crippen molar-refractivity contribution in [3.8, 4) is 11.4 Å². The van der Waals surface area contributed by atoms with Crippen LogP contribution in [0.25, 0.3) is 11.4 Å². The Morgan fingerprint density at radius 2 is 2.04 bits per heavy atom. The molecule has 0 spiro atoms.